The monoisotopic (exact) mass is 246 g/mol. The van der Waals surface area contributed by atoms with Gasteiger partial charge in [-0.2, -0.15) is 22.7 Å². The standard InChI is InChI=1S/C12H10N2S2/c1-14-6-11(9-2-4-15-7-9)13-12(14)10-3-5-16-8-10/h2-8H,1H3. The molecule has 0 aliphatic rings. The lowest BCUT2D eigenvalue weighted by Gasteiger charge is -1.95. The van der Waals surface area contributed by atoms with Crippen molar-refractivity contribution < 1.29 is 0 Å². The van der Waals surface area contributed by atoms with Gasteiger partial charge in [-0.25, -0.2) is 4.98 Å². The fraction of sp³-hybridized carbons (Fsp3) is 0.0833. The summed E-state index contributed by atoms with van der Waals surface area (Å²) in [5.41, 5.74) is 3.43. The Labute approximate surface area is 102 Å². The van der Waals surface area contributed by atoms with E-state index >= 15 is 0 Å². The Morgan fingerprint density at radius 1 is 1.06 bits per heavy atom. The second kappa shape index (κ2) is 3.88. The number of hydrogen-bond acceptors (Lipinski definition) is 3. The molecule has 0 unspecified atom stereocenters. The summed E-state index contributed by atoms with van der Waals surface area (Å²) in [7, 11) is 2.04. The van der Waals surface area contributed by atoms with Gasteiger partial charge in [-0.3, -0.25) is 0 Å². The average Bonchev–Trinajstić information content (AvgIpc) is 2.97. The lowest BCUT2D eigenvalue weighted by molar-refractivity contribution is 0.926. The van der Waals surface area contributed by atoms with E-state index in [1.54, 1.807) is 22.7 Å². The first-order valence-corrected chi connectivity index (χ1v) is 6.81. The van der Waals surface area contributed by atoms with Crippen LogP contribution >= 0.6 is 22.7 Å². The third-order valence-electron chi connectivity index (χ3n) is 2.47. The number of imidazole rings is 1. The molecule has 0 aromatic carbocycles. The van der Waals surface area contributed by atoms with Gasteiger partial charge in [-0.15, -0.1) is 0 Å². The quantitative estimate of drug-likeness (QED) is 0.671. The van der Waals surface area contributed by atoms with Crippen LogP contribution in [-0.2, 0) is 7.05 Å². The second-order valence-electron chi connectivity index (χ2n) is 3.58. The summed E-state index contributed by atoms with van der Waals surface area (Å²) in [5.74, 6) is 1.03. The van der Waals surface area contributed by atoms with Crippen molar-refractivity contribution in [1.82, 2.24) is 9.55 Å². The fourth-order valence-corrected chi connectivity index (χ4v) is 2.96. The summed E-state index contributed by atoms with van der Waals surface area (Å²) >= 11 is 3.40. The van der Waals surface area contributed by atoms with Crippen LogP contribution in [0.1, 0.15) is 0 Å². The molecule has 3 aromatic heterocycles. The van der Waals surface area contributed by atoms with E-state index in [0.29, 0.717) is 0 Å². The van der Waals surface area contributed by atoms with Gasteiger partial charge in [0.25, 0.3) is 0 Å². The Bertz CT molecular complexity index is 577. The molecule has 80 valence electrons. The summed E-state index contributed by atoms with van der Waals surface area (Å²) in [6, 6.07) is 4.20. The molecule has 2 nitrogen and oxygen atoms in total. The zero-order valence-electron chi connectivity index (χ0n) is 8.75. The van der Waals surface area contributed by atoms with Gasteiger partial charge in [0.05, 0.1) is 5.69 Å². The van der Waals surface area contributed by atoms with Crippen LogP contribution < -0.4 is 0 Å². The van der Waals surface area contributed by atoms with E-state index in [4.69, 9.17) is 0 Å². The molecule has 0 saturated carbocycles. The van der Waals surface area contributed by atoms with E-state index in [0.717, 1.165) is 11.5 Å². The topological polar surface area (TPSA) is 17.8 Å². The molecular weight excluding hydrogens is 236 g/mol. The first kappa shape index (κ1) is 9.81. The molecule has 16 heavy (non-hydrogen) atoms. The van der Waals surface area contributed by atoms with Crippen molar-refractivity contribution >= 4 is 22.7 Å². The summed E-state index contributed by atoms with van der Waals surface area (Å²) in [5, 5.41) is 8.40. The fourth-order valence-electron chi connectivity index (χ4n) is 1.68. The number of rotatable bonds is 2. The molecule has 0 spiro atoms. The van der Waals surface area contributed by atoms with Crippen LogP contribution in [-0.4, -0.2) is 9.55 Å². The van der Waals surface area contributed by atoms with Gasteiger partial charge in [0.1, 0.15) is 5.82 Å². The van der Waals surface area contributed by atoms with E-state index in [-0.39, 0.29) is 0 Å². The highest BCUT2D eigenvalue weighted by Gasteiger charge is 2.09. The molecule has 3 rings (SSSR count). The highest BCUT2D eigenvalue weighted by molar-refractivity contribution is 7.08. The van der Waals surface area contributed by atoms with Crippen molar-refractivity contribution in [1.29, 1.82) is 0 Å². The molecule has 0 N–H and O–H groups in total. The van der Waals surface area contributed by atoms with Crippen LogP contribution in [0, 0.1) is 0 Å². The number of hydrogen-bond donors (Lipinski definition) is 0. The van der Waals surface area contributed by atoms with Crippen LogP contribution in [0.15, 0.2) is 39.8 Å². The molecule has 0 atom stereocenters. The SMILES string of the molecule is Cn1cc(-c2ccsc2)nc1-c1ccsc1. The van der Waals surface area contributed by atoms with Crippen molar-refractivity contribution in [3.63, 3.8) is 0 Å². The van der Waals surface area contributed by atoms with Crippen molar-refractivity contribution in [3.8, 4) is 22.6 Å². The van der Waals surface area contributed by atoms with E-state index in [2.05, 4.69) is 49.4 Å². The van der Waals surface area contributed by atoms with E-state index < -0.39 is 0 Å². The molecular formula is C12H10N2S2. The minimum absolute atomic E-state index is 1.03. The van der Waals surface area contributed by atoms with Crippen LogP contribution in [0.5, 0.6) is 0 Å². The molecule has 0 aliphatic carbocycles. The summed E-state index contributed by atoms with van der Waals surface area (Å²) in [6.07, 6.45) is 2.08. The van der Waals surface area contributed by atoms with Crippen LogP contribution in [0.3, 0.4) is 0 Å². The zero-order chi connectivity index (χ0) is 11.0. The molecule has 3 heterocycles. The largest absolute Gasteiger partial charge is 0.333 e. The van der Waals surface area contributed by atoms with Gasteiger partial charge < -0.3 is 4.57 Å². The Balaban J connectivity index is 2.09. The number of thiophene rings is 2. The van der Waals surface area contributed by atoms with Crippen molar-refractivity contribution in [2.75, 3.05) is 0 Å². The third kappa shape index (κ3) is 1.60. The maximum absolute atomic E-state index is 4.67. The molecule has 0 aliphatic heterocycles. The number of aryl methyl sites for hydroxylation is 1. The normalized spacial score (nSPS) is 10.8. The minimum atomic E-state index is 1.03. The van der Waals surface area contributed by atoms with Gasteiger partial charge in [-0.1, -0.05) is 0 Å². The molecule has 0 radical (unpaired) electrons. The molecule has 0 saturated heterocycles. The maximum Gasteiger partial charge on any atom is 0.141 e. The molecule has 0 bridgehead atoms. The lowest BCUT2D eigenvalue weighted by Crippen LogP contribution is -1.88. The van der Waals surface area contributed by atoms with Crippen LogP contribution in [0.2, 0.25) is 0 Å². The van der Waals surface area contributed by atoms with Crippen LogP contribution in [0.25, 0.3) is 22.6 Å². The number of nitrogens with zero attached hydrogens (tertiary/aromatic N) is 2. The van der Waals surface area contributed by atoms with E-state index in [9.17, 15) is 0 Å². The molecule has 4 heteroatoms. The molecule has 0 fully saturated rings. The Morgan fingerprint density at radius 2 is 1.75 bits per heavy atom. The van der Waals surface area contributed by atoms with Gasteiger partial charge in [-0.05, 0) is 22.9 Å². The second-order valence-corrected chi connectivity index (χ2v) is 5.14. The molecule has 3 aromatic rings. The van der Waals surface area contributed by atoms with Gasteiger partial charge >= 0.3 is 0 Å². The molecule has 0 amide bonds. The van der Waals surface area contributed by atoms with Crippen molar-refractivity contribution in [2.45, 2.75) is 0 Å². The predicted molar refractivity (Wildman–Crippen MR) is 69.8 cm³/mol. The van der Waals surface area contributed by atoms with Gasteiger partial charge in [0.2, 0.25) is 0 Å². The first-order valence-electron chi connectivity index (χ1n) is 4.93. The van der Waals surface area contributed by atoms with Crippen molar-refractivity contribution in [3.05, 3.63) is 39.8 Å². The summed E-state index contributed by atoms with van der Waals surface area (Å²) < 4.78 is 2.08. The Hall–Kier alpha value is -1.39. The number of aromatic nitrogens is 2. The summed E-state index contributed by atoms with van der Waals surface area (Å²) in [4.78, 5) is 4.67. The summed E-state index contributed by atoms with van der Waals surface area (Å²) in [6.45, 7) is 0. The maximum atomic E-state index is 4.67. The smallest absolute Gasteiger partial charge is 0.141 e. The third-order valence-corrected chi connectivity index (χ3v) is 3.84. The van der Waals surface area contributed by atoms with Gasteiger partial charge in [0, 0.05) is 35.1 Å². The predicted octanol–water partition coefficient (Wildman–Crippen LogP) is 3.88. The highest BCUT2D eigenvalue weighted by atomic mass is 32.1. The Kier molecular flexibility index (Phi) is 2.38. The highest BCUT2D eigenvalue weighted by Crippen LogP contribution is 2.26. The van der Waals surface area contributed by atoms with Gasteiger partial charge in [0.15, 0.2) is 0 Å². The minimum Gasteiger partial charge on any atom is -0.333 e. The lowest BCUT2D eigenvalue weighted by atomic mass is 10.3. The van der Waals surface area contributed by atoms with E-state index in [1.165, 1.54) is 11.1 Å². The first-order chi connectivity index (χ1) is 7.84. The Morgan fingerprint density at radius 3 is 2.38 bits per heavy atom. The average molecular weight is 246 g/mol. The van der Waals surface area contributed by atoms with Crippen LogP contribution in [0.4, 0.5) is 0 Å². The zero-order valence-corrected chi connectivity index (χ0v) is 10.4. The van der Waals surface area contributed by atoms with Crippen molar-refractivity contribution in [2.24, 2.45) is 7.05 Å². The van der Waals surface area contributed by atoms with E-state index in [1.807, 2.05) is 7.05 Å².